The molecule has 4 nitrogen and oxygen atoms in total. The summed E-state index contributed by atoms with van der Waals surface area (Å²) in [7, 11) is 0. The molecule has 40 heavy (non-hydrogen) atoms. The molecule has 4 heterocycles. The summed E-state index contributed by atoms with van der Waals surface area (Å²) in [6.07, 6.45) is 8.80. The van der Waals surface area contributed by atoms with Crippen LogP contribution in [0.2, 0.25) is 29.6 Å². The molecule has 0 aliphatic carbocycles. The first-order valence-corrected chi connectivity index (χ1v) is 36.8. The fourth-order valence-corrected chi connectivity index (χ4v) is 18.2. The van der Waals surface area contributed by atoms with E-state index in [1.807, 2.05) is 32.5 Å². The molecule has 0 fully saturated rings. The van der Waals surface area contributed by atoms with Crippen LogP contribution >= 0.6 is 22.7 Å². The molecule has 2 aromatic heterocycles. The fourth-order valence-electron chi connectivity index (χ4n) is 5.47. The normalized spacial score (nSPS) is 16.3. The number of amides is 2. The van der Waals surface area contributed by atoms with Crippen molar-refractivity contribution < 1.29 is 9.59 Å². The molecule has 0 saturated carbocycles. The van der Waals surface area contributed by atoms with Gasteiger partial charge in [-0.25, -0.2) is 0 Å². The molecular weight excluding hydrogens is 746 g/mol. The number of rotatable bonds is 14. The Kier molecular flexibility index (Phi) is 10.8. The van der Waals surface area contributed by atoms with Crippen molar-refractivity contribution in [2.24, 2.45) is 0 Å². The number of carbonyl (C=O) groups excluding carboxylic acids is 2. The monoisotopic (exact) mass is 796 g/mol. The predicted octanol–water partition coefficient (Wildman–Crippen LogP) is 7.87. The predicted molar refractivity (Wildman–Crippen MR) is 180 cm³/mol. The second kappa shape index (κ2) is 13.4. The molecule has 2 aliphatic heterocycles. The third-order valence-electron chi connectivity index (χ3n) is 7.81. The number of hydrogen-bond donors (Lipinski definition) is 0. The fraction of sp³-hybridized carbons (Fsp3) is 0.562. The van der Waals surface area contributed by atoms with Crippen LogP contribution in [-0.4, -0.2) is 71.5 Å². The molecular formula is C32H48N2O2S2Sn2. The van der Waals surface area contributed by atoms with Crippen LogP contribution in [0.25, 0.3) is 11.4 Å². The summed E-state index contributed by atoms with van der Waals surface area (Å²) in [6, 6.07) is 8.92. The maximum atomic E-state index is 14.4. The Morgan fingerprint density at radius 2 is 0.950 bits per heavy atom. The summed E-state index contributed by atoms with van der Waals surface area (Å²) in [4.78, 5) is 49.5. The molecule has 0 saturated heterocycles. The van der Waals surface area contributed by atoms with Crippen molar-refractivity contribution in [1.82, 2.24) is 9.80 Å². The molecule has 0 N–H and O–H groups in total. The van der Waals surface area contributed by atoms with Gasteiger partial charge in [0, 0.05) is 0 Å². The zero-order valence-corrected chi connectivity index (χ0v) is 33.2. The van der Waals surface area contributed by atoms with E-state index in [9.17, 15) is 9.59 Å². The van der Waals surface area contributed by atoms with E-state index in [4.69, 9.17) is 0 Å². The molecule has 0 atom stereocenters. The van der Waals surface area contributed by atoms with Crippen molar-refractivity contribution in [3.63, 3.8) is 0 Å². The third-order valence-corrected chi connectivity index (χ3v) is 29.0. The van der Waals surface area contributed by atoms with E-state index >= 15 is 0 Å². The van der Waals surface area contributed by atoms with E-state index in [1.54, 1.807) is 0 Å². The van der Waals surface area contributed by atoms with Gasteiger partial charge in [0.1, 0.15) is 0 Å². The minimum atomic E-state index is -2.30. The van der Waals surface area contributed by atoms with Crippen LogP contribution < -0.4 is 5.79 Å². The van der Waals surface area contributed by atoms with Crippen molar-refractivity contribution in [2.45, 2.75) is 94.9 Å². The summed E-state index contributed by atoms with van der Waals surface area (Å²) in [5.41, 5.74) is 3.10. The molecule has 2 amide bonds. The Labute approximate surface area is 258 Å². The van der Waals surface area contributed by atoms with Crippen LogP contribution in [0.3, 0.4) is 0 Å². The number of nitrogens with zero attached hydrogens (tertiary/aromatic N) is 2. The van der Waals surface area contributed by atoms with Gasteiger partial charge in [-0.05, 0) is 0 Å². The molecule has 0 radical (unpaired) electrons. The van der Waals surface area contributed by atoms with E-state index in [0.717, 1.165) is 59.7 Å². The molecule has 0 unspecified atom stereocenters. The van der Waals surface area contributed by atoms with Gasteiger partial charge in [0.25, 0.3) is 0 Å². The van der Waals surface area contributed by atoms with Gasteiger partial charge in [-0.2, -0.15) is 0 Å². The molecule has 2 aromatic rings. The average Bonchev–Trinajstić information content (AvgIpc) is 3.65. The van der Waals surface area contributed by atoms with Crippen LogP contribution in [0.5, 0.6) is 0 Å². The van der Waals surface area contributed by atoms with Crippen LogP contribution in [0, 0.1) is 0 Å². The molecule has 4 rings (SSSR count). The van der Waals surface area contributed by atoms with Gasteiger partial charge in [-0.15, -0.1) is 0 Å². The zero-order valence-electron chi connectivity index (χ0n) is 25.9. The Morgan fingerprint density at radius 3 is 1.25 bits per heavy atom. The Balaban J connectivity index is 1.87. The molecule has 8 heteroatoms. The van der Waals surface area contributed by atoms with Crippen molar-refractivity contribution >= 4 is 88.4 Å². The van der Waals surface area contributed by atoms with Gasteiger partial charge in [-0.3, -0.25) is 0 Å². The second-order valence-electron chi connectivity index (χ2n) is 13.3. The zero-order chi connectivity index (χ0) is 29.2. The molecule has 2 aliphatic rings. The first kappa shape index (κ1) is 32.3. The molecule has 218 valence electrons. The standard InChI is InChI=1S/C26H30N2O2S2.6CH3.2Sn/c1-3-5-7-9-15-27-23(19-13-11-17-31-19)21-22(25(27)29)24(20-14-12-18-32-20)28(26(21)30)16-10-8-6-4-2;;;;;;;;/h11-14H,3-10,15-16H2,1-2H3;6*1H3;;. The SMILES string of the molecule is CCCCCCN1C(=O)C2=C(c3cc[c]([Sn]([CH3])([CH3])[CH3])s3)N(CCCCCC)C(=O)C2=C1c1cc[c]([Sn]([CH3])([CH3])[CH3])s1. The van der Waals surface area contributed by atoms with Gasteiger partial charge in [-0.1, -0.05) is 0 Å². The van der Waals surface area contributed by atoms with Crippen LogP contribution in [0.15, 0.2) is 35.4 Å². The second-order valence-corrected chi connectivity index (χ2v) is 46.3. The topological polar surface area (TPSA) is 40.6 Å². The minimum absolute atomic E-state index is 0.0318. The van der Waals surface area contributed by atoms with Crippen LogP contribution in [0.4, 0.5) is 0 Å². The third kappa shape index (κ3) is 6.80. The first-order valence-electron chi connectivity index (χ1n) is 15.2. The van der Waals surface area contributed by atoms with E-state index in [2.05, 4.69) is 67.8 Å². The van der Waals surface area contributed by atoms with Gasteiger partial charge < -0.3 is 0 Å². The maximum absolute atomic E-state index is 14.4. The van der Waals surface area contributed by atoms with E-state index in [1.165, 1.54) is 18.6 Å². The van der Waals surface area contributed by atoms with Gasteiger partial charge in [0.05, 0.1) is 0 Å². The van der Waals surface area contributed by atoms with Crippen LogP contribution in [0.1, 0.15) is 75.0 Å². The molecule has 0 aromatic carbocycles. The average molecular weight is 794 g/mol. The van der Waals surface area contributed by atoms with Crippen LogP contribution in [-0.2, 0) is 9.59 Å². The molecule has 0 bridgehead atoms. The number of carbonyl (C=O) groups is 2. The van der Waals surface area contributed by atoms with E-state index in [0.29, 0.717) is 24.2 Å². The Hall–Kier alpha value is -0.583. The van der Waals surface area contributed by atoms with Crippen molar-refractivity contribution in [3.05, 3.63) is 45.2 Å². The summed E-state index contributed by atoms with van der Waals surface area (Å²) in [6.45, 7) is 5.79. The summed E-state index contributed by atoms with van der Waals surface area (Å²) < 4.78 is 2.96. The number of hydrogen-bond acceptors (Lipinski definition) is 4. The Morgan fingerprint density at radius 1 is 0.575 bits per heavy atom. The van der Waals surface area contributed by atoms with Crippen molar-refractivity contribution in [1.29, 1.82) is 0 Å². The van der Waals surface area contributed by atoms with Crippen molar-refractivity contribution in [2.75, 3.05) is 13.1 Å². The number of fused-ring (bicyclic) bond motifs is 1. The number of thiophene rings is 2. The van der Waals surface area contributed by atoms with Gasteiger partial charge in [0.15, 0.2) is 0 Å². The molecule has 0 spiro atoms. The van der Waals surface area contributed by atoms with E-state index < -0.39 is 36.8 Å². The van der Waals surface area contributed by atoms with Gasteiger partial charge >= 0.3 is 261 Å². The summed E-state index contributed by atoms with van der Waals surface area (Å²) in [5, 5.41) is 0. The first-order chi connectivity index (χ1) is 18.9. The van der Waals surface area contributed by atoms with Crippen molar-refractivity contribution in [3.8, 4) is 0 Å². The van der Waals surface area contributed by atoms with Gasteiger partial charge in [0.2, 0.25) is 0 Å². The summed E-state index contributed by atoms with van der Waals surface area (Å²) in [5.74, 6) is 0.0636. The Bertz CT molecular complexity index is 1210. The quantitative estimate of drug-likeness (QED) is 0.145. The van der Waals surface area contributed by atoms with E-state index in [-0.39, 0.29) is 11.8 Å². The number of unbranched alkanes of at least 4 members (excludes halogenated alkanes) is 6. The summed E-state index contributed by atoms with van der Waals surface area (Å²) >= 11 is -0.951.